The van der Waals surface area contributed by atoms with E-state index in [1.165, 1.54) is 22.4 Å². The number of thioether (sulfide) groups is 2. The molecule has 0 amide bonds. The van der Waals surface area contributed by atoms with E-state index in [1.54, 1.807) is 0 Å². The minimum atomic E-state index is 0.196. The summed E-state index contributed by atoms with van der Waals surface area (Å²) in [6.07, 6.45) is 6.99. The number of aryl methyl sites for hydroxylation is 3. The second-order valence-electron chi connectivity index (χ2n) is 5.86. The van der Waals surface area contributed by atoms with E-state index in [4.69, 9.17) is 0 Å². The van der Waals surface area contributed by atoms with Gasteiger partial charge in [0, 0.05) is 29.9 Å². The number of aromatic nitrogens is 2. The number of hydrogen-bond acceptors (Lipinski definition) is 3. The minimum Gasteiger partial charge on any atom is -0.337 e. The molecule has 1 aliphatic heterocycles. The molecule has 0 aliphatic carbocycles. The van der Waals surface area contributed by atoms with E-state index in [-0.39, 0.29) is 4.08 Å². The van der Waals surface area contributed by atoms with Crippen LogP contribution in [0.25, 0.3) is 0 Å². The fourth-order valence-corrected chi connectivity index (χ4v) is 6.77. The van der Waals surface area contributed by atoms with E-state index in [1.807, 2.05) is 12.5 Å². The molecule has 3 rings (SSSR count). The van der Waals surface area contributed by atoms with Gasteiger partial charge in [0.15, 0.2) is 0 Å². The summed E-state index contributed by atoms with van der Waals surface area (Å²) in [5.41, 5.74) is 4.28. The zero-order valence-electron chi connectivity index (χ0n) is 12.9. The SMILES string of the molecule is Cc1ccc(C2(CCn3ccnc3)SCC(C)S2)c(C)c1. The third-order valence-corrected chi connectivity index (χ3v) is 7.78. The largest absolute Gasteiger partial charge is 0.337 e. The van der Waals surface area contributed by atoms with Crippen LogP contribution in [0.5, 0.6) is 0 Å². The van der Waals surface area contributed by atoms with Gasteiger partial charge in [0.05, 0.1) is 10.4 Å². The summed E-state index contributed by atoms with van der Waals surface area (Å²) in [5, 5.41) is 0.721. The molecular formula is C17H22N2S2. The quantitative estimate of drug-likeness (QED) is 0.820. The van der Waals surface area contributed by atoms with E-state index in [0.29, 0.717) is 0 Å². The van der Waals surface area contributed by atoms with Gasteiger partial charge in [-0.2, -0.15) is 0 Å². The molecule has 0 bridgehead atoms. The molecule has 2 atom stereocenters. The maximum Gasteiger partial charge on any atom is 0.0945 e. The summed E-state index contributed by atoms with van der Waals surface area (Å²) in [7, 11) is 0. The van der Waals surface area contributed by atoms with E-state index in [9.17, 15) is 0 Å². The molecule has 0 saturated carbocycles. The summed E-state index contributed by atoms with van der Waals surface area (Å²) >= 11 is 4.26. The van der Waals surface area contributed by atoms with Crippen LogP contribution in [0, 0.1) is 13.8 Å². The zero-order valence-corrected chi connectivity index (χ0v) is 14.5. The van der Waals surface area contributed by atoms with Gasteiger partial charge in [-0.05, 0) is 31.4 Å². The van der Waals surface area contributed by atoms with Crippen LogP contribution in [0.2, 0.25) is 0 Å². The predicted molar refractivity (Wildman–Crippen MR) is 93.9 cm³/mol. The van der Waals surface area contributed by atoms with Crippen LogP contribution < -0.4 is 0 Å². The first-order chi connectivity index (χ1) is 10.1. The zero-order chi connectivity index (χ0) is 14.9. The third kappa shape index (κ3) is 3.16. The lowest BCUT2D eigenvalue weighted by molar-refractivity contribution is 0.612. The summed E-state index contributed by atoms with van der Waals surface area (Å²) in [6.45, 7) is 7.80. The highest BCUT2D eigenvalue weighted by Gasteiger charge is 2.41. The van der Waals surface area contributed by atoms with Crippen molar-refractivity contribution in [1.29, 1.82) is 0 Å². The van der Waals surface area contributed by atoms with Gasteiger partial charge in [0.1, 0.15) is 0 Å². The molecule has 1 aromatic carbocycles. The van der Waals surface area contributed by atoms with Crippen molar-refractivity contribution in [1.82, 2.24) is 9.55 Å². The lowest BCUT2D eigenvalue weighted by Crippen LogP contribution is -2.19. The summed E-state index contributed by atoms with van der Waals surface area (Å²) < 4.78 is 2.39. The summed E-state index contributed by atoms with van der Waals surface area (Å²) in [6, 6.07) is 6.92. The highest BCUT2D eigenvalue weighted by molar-refractivity contribution is 8.21. The van der Waals surface area contributed by atoms with Gasteiger partial charge in [-0.1, -0.05) is 30.7 Å². The van der Waals surface area contributed by atoms with Crippen molar-refractivity contribution in [3.05, 3.63) is 53.6 Å². The second-order valence-corrected chi connectivity index (χ2v) is 9.18. The van der Waals surface area contributed by atoms with Crippen molar-refractivity contribution >= 4 is 23.5 Å². The van der Waals surface area contributed by atoms with Crippen molar-refractivity contribution in [3.8, 4) is 0 Å². The molecule has 0 spiro atoms. The monoisotopic (exact) mass is 318 g/mol. The standard InChI is InChI=1S/C17H22N2S2/c1-13-4-5-16(14(2)10-13)17(20-11-15(3)21-17)6-8-19-9-7-18-12-19/h4-5,7,9-10,12,15H,6,8,11H2,1-3H3. The molecule has 2 heterocycles. The molecule has 0 radical (unpaired) electrons. The van der Waals surface area contributed by atoms with Crippen molar-refractivity contribution in [2.24, 2.45) is 0 Å². The lowest BCUT2D eigenvalue weighted by Gasteiger charge is -2.30. The number of hydrogen-bond donors (Lipinski definition) is 0. The Morgan fingerprint density at radius 3 is 2.86 bits per heavy atom. The molecule has 112 valence electrons. The van der Waals surface area contributed by atoms with Crippen molar-refractivity contribution in [2.45, 2.75) is 43.1 Å². The predicted octanol–water partition coefficient (Wildman–Crippen LogP) is 4.61. The fraction of sp³-hybridized carbons (Fsp3) is 0.471. The Morgan fingerprint density at radius 1 is 1.38 bits per heavy atom. The van der Waals surface area contributed by atoms with Gasteiger partial charge in [-0.25, -0.2) is 4.98 Å². The van der Waals surface area contributed by atoms with Gasteiger partial charge in [-0.3, -0.25) is 0 Å². The third-order valence-electron chi connectivity index (χ3n) is 3.99. The number of benzene rings is 1. The highest BCUT2D eigenvalue weighted by Crippen LogP contribution is 2.58. The Labute approximate surface area is 135 Å². The summed E-state index contributed by atoms with van der Waals surface area (Å²) in [4.78, 5) is 4.16. The Morgan fingerprint density at radius 2 is 2.24 bits per heavy atom. The van der Waals surface area contributed by atoms with E-state index in [0.717, 1.165) is 18.2 Å². The average molecular weight is 319 g/mol. The van der Waals surface area contributed by atoms with Crippen molar-refractivity contribution < 1.29 is 0 Å². The van der Waals surface area contributed by atoms with Crippen LogP contribution in [0.3, 0.4) is 0 Å². The molecule has 21 heavy (non-hydrogen) atoms. The van der Waals surface area contributed by atoms with Crippen molar-refractivity contribution in [2.75, 3.05) is 5.75 Å². The van der Waals surface area contributed by atoms with Gasteiger partial charge in [0.2, 0.25) is 0 Å². The maximum atomic E-state index is 4.16. The molecule has 2 aromatic rings. The fourth-order valence-electron chi connectivity index (χ4n) is 2.99. The molecule has 1 fully saturated rings. The Bertz CT molecular complexity index is 609. The van der Waals surface area contributed by atoms with Crippen LogP contribution in [0.15, 0.2) is 36.9 Å². The molecule has 4 heteroatoms. The molecular weight excluding hydrogens is 296 g/mol. The topological polar surface area (TPSA) is 17.8 Å². The van der Waals surface area contributed by atoms with Gasteiger partial charge < -0.3 is 4.57 Å². The average Bonchev–Trinajstić information content (AvgIpc) is 3.07. The minimum absolute atomic E-state index is 0.196. The molecule has 0 N–H and O–H groups in total. The number of nitrogens with zero attached hydrogens (tertiary/aromatic N) is 2. The van der Waals surface area contributed by atoms with Crippen molar-refractivity contribution in [3.63, 3.8) is 0 Å². The maximum absolute atomic E-state index is 4.16. The number of rotatable bonds is 4. The highest BCUT2D eigenvalue weighted by atomic mass is 32.2. The summed E-state index contributed by atoms with van der Waals surface area (Å²) in [5.74, 6) is 1.24. The molecule has 1 aliphatic rings. The van der Waals surface area contributed by atoms with E-state index >= 15 is 0 Å². The van der Waals surface area contributed by atoms with Crippen LogP contribution in [-0.2, 0) is 10.6 Å². The van der Waals surface area contributed by atoms with Gasteiger partial charge in [0.25, 0.3) is 0 Å². The normalized spacial score (nSPS) is 25.4. The Hall–Kier alpha value is -0.870. The Kier molecular flexibility index (Phi) is 4.36. The van der Waals surface area contributed by atoms with Crippen LogP contribution in [0.4, 0.5) is 0 Å². The second kappa shape index (κ2) is 6.09. The lowest BCUT2D eigenvalue weighted by atomic mass is 10.0. The molecule has 2 nitrogen and oxygen atoms in total. The van der Waals surface area contributed by atoms with Gasteiger partial charge >= 0.3 is 0 Å². The molecule has 1 aromatic heterocycles. The first-order valence-corrected chi connectivity index (χ1v) is 9.31. The van der Waals surface area contributed by atoms with E-state index < -0.39 is 0 Å². The number of imidazole rings is 1. The molecule has 2 unspecified atom stereocenters. The molecule has 1 saturated heterocycles. The van der Waals surface area contributed by atoms with Crippen LogP contribution >= 0.6 is 23.5 Å². The Balaban J connectivity index is 1.89. The van der Waals surface area contributed by atoms with Gasteiger partial charge in [-0.15, -0.1) is 23.5 Å². The first kappa shape index (κ1) is 15.0. The smallest absolute Gasteiger partial charge is 0.0945 e. The van der Waals surface area contributed by atoms with Crippen LogP contribution in [-0.4, -0.2) is 20.6 Å². The van der Waals surface area contributed by atoms with E-state index in [2.05, 4.69) is 78.2 Å². The first-order valence-electron chi connectivity index (χ1n) is 7.44. The van der Waals surface area contributed by atoms with Crippen LogP contribution in [0.1, 0.15) is 30.0 Å².